The summed E-state index contributed by atoms with van der Waals surface area (Å²) in [6, 6.07) is 20.8. The van der Waals surface area contributed by atoms with Crippen LogP contribution in [0.1, 0.15) is 30.4 Å². The Morgan fingerprint density at radius 2 is 1.85 bits per heavy atom. The molecule has 0 bridgehead atoms. The number of anilines is 1. The molecule has 3 aromatic rings. The SMILES string of the molecule is COCC1=C2[C@@H](CC/C(=C/c3ccc(O)cc3Cl)c3ccccc3)OB(O)C[C@@H]2[C@@H]2C(=O)N(c3cccc(B(O)O)c3)C(=O)[C@@H]2C1. The van der Waals surface area contributed by atoms with E-state index in [1.807, 2.05) is 36.4 Å². The van der Waals surface area contributed by atoms with Gasteiger partial charge in [-0.25, -0.2) is 0 Å². The second-order valence-electron chi connectivity index (χ2n) is 12.0. The quantitative estimate of drug-likeness (QED) is 0.120. The van der Waals surface area contributed by atoms with Crippen LogP contribution in [0.2, 0.25) is 11.3 Å². The zero-order valence-corrected chi connectivity index (χ0v) is 26.0. The van der Waals surface area contributed by atoms with Gasteiger partial charge in [0, 0.05) is 7.11 Å². The highest BCUT2D eigenvalue weighted by Crippen LogP contribution is 2.51. The Morgan fingerprint density at radius 1 is 1.07 bits per heavy atom. The first-order valence-electron chi connectivity index (χ1n) is 15.3. The number of rotatable bonds is 9. The number of phenols is 1. The maximum Gasteiger partial charge on any atom is 0.488 e. The van der Waals surface area contributed by atoms with Gasteiger partial charge in [-0.3, -0.25) is 14.5 Å². The number of phenolic OH excluding ortho intramolecular Hbond substituents is 1. The lowest BCUT2D eigenvalue weighted by Gasteiger charge is -2.43. The van der Waals surface area contributed by atoms with Gasteiger partial charge in [0.1, 0.15) is 5.75 Å². The summed E-state index contributed by atoms with van der Waals surface area (Å²) in [5.41, 5.74) is 4.93. The van der Waals surface area contributed by atoms with Crippen LogP contribution in [0.3, 0.4) is 0 Å². The Morgan fingerprint density at radius 3 is 2.57 bits per heavy atom. The van der Waals surface area contributed by atoms with E-state index in [-0.39, 0.29) is 41.6 Å². The first-order valence-corrected chi connectivity index (χ1v) is 15.7. The van der Waals surface area contributed by atoms with E-state index >= 15 is 0 Å². The van der Waals surface area contributed by atoms with Crippen molar-refractivity contribution >= 4 is 60.5 Å². The lowest BCUT2D eigenvalue weighted by atomic mass is 9.58. The molecule has 4 atom stereocenters. The van der Waals surface area contributed by atoms with Crippen LogP contribution in [0.5, 0.6) is 5.75 Å². The molecule has 3 aliphatic rings. The van der Waals surface area contributed by atoms with Crippen molar-refractivity contribution in [2.24, 2.45) is 17.8 Å². The molecule has 6 rings (SSSR count). The number of carbonyl (C=O) groups excluding carboxylic acids is 2. The molecule has 2 fully saturated rings. The van der Waals surface area contributed by atoms with Crippen LogP contribution in [-0.2, 0) is 19.0 Å². The van der Waals surface area contributed by atoms with Crippen LogP contribution >= 0.6 is 11.6 Å². The van der Waals surface area contributed by atoms with Crippen LogP contribution in [0, 0.1) is 17.8 Å². The van der Waals surface area contributed by atoms with Crippen molar-refractivity contribution in [1.29, 1.82) is 0 Å². The van der Waals surface area contributed by atoms with Crippen LogP contribution in [0.25, 0.3) is 11.6 Å². The summed E-state index contributed by atoms with van der Waals surface area (Å²) in [5, 5.41) is 40.6. The number of methoxy groups -OCH3 is 1. The Labute approximate surface area is 273 Å². The van der Waals surface area contributed by atoms with Crippen LogP contribution in [0.4, 0.5) is 5.69 Å². The average Bonchev–Trinajstić information content (AvgIpc) is 3.29. The monoisotopic (exact) mass is 641 g/mol. The number of hydrogen-bond donors (Lipinski definition) is 4. The molecule has 0 unspecified atom stereocenters. The van der Waals surface area contributed by atoms with Crippen molar-refractivity contribution in [1.82, 2.24) is 0 Å². The van der Waals surface area contributed by atoms with E-state index in [1.165, 1.54) is 18.2 Å². The molecule has 3 aromatic carbocycles. The van der Waals surface area contributed by atoms with Crippen molar-refractivity contribution in [3.63, 3.8) is 0 Å². The molecular weight excluding hydrogens is 607 g/mol. The van der Waals surface area contributed by atoms with E-state index in [2.05, 4.69) is 0 Å². The van der Waals surface area contributed by atoms with Gasteiger partial charge in [0.05, 0.1) is 35.3 Å². The van der Waals surface area contributed by atoms with Crippen LogP contribution < -0.4 is 10.4 Å². The predicted octanol–water partition coefficient (Wildman–Crippen LogP) is 3.69. The van der Waals surface area contributed by atoms with E-state index in [0.29, 0.717) is 24.3 Å². The molecule has 1 aliphatic carbocycles. The van der Waals surface area contributed by atoms with Gasteiger partial charge in [0.25, 0.3) is 0 Å². The number of hydrogen-bond acceptors (Lipinski definition) is 8. The molecule has 9 nitrogen and oxygen atoms in total. The highest BCUT2D eigenvalue weighted by molar-refractivity contribution is 6.58. The predicted molar refractivity (Wildman–Crippen MR) is 177 cm³/mol. The van der Waals surface area contributed by atoms with E-state index in [1.54, 1.807) is 31.4 Å². The van der Waals surface area contributed by atoms with Crippen molar-refractivity contribution in [3.8, 4) is 5.75 Å². The van der Waals surface area contributed by atoms with Gasteiger partial charge >= 0.3 is 14.2 Å². The third kappa shape index (κ3) is 6.31. The van der Waals surface area contributed by atoms with E-state index < -0.39 is 38.1 Å². The molecule has 236 valence electrons. The second-order valence-corrected chi connectivity index (χ2v) is 12.4. The standard InChI is InChI=1S/C34H34B2ClNO8/c1-45-19-23-15-27-32(34(41)38(33(27)40)25-9-5-8-24(16-25)36(43)44)28-18-35(42)46-30(31(23)28)13-11-21(20-6-3-2-4-7-20)14-22-10-12-26(39)17-29(22)37/h2-10,12,14,16-17,27-28,30,32,39,42-44H,11,13,15,18-19H2,1H3/b21-14-/t27-,28+,30-,32-/m1/s1. The molecule has 2 amide bonds. The van der Waals surface area contributed by atoms with Crippen molar-refractivity contribution in [2.45, 2.75) is 31.7 Å². The number of carbonyl (C=O) groups is 2. The van der Waals surface area contributed by atoms with Gasteiger partial charge in [0.15, 0.2) is 0 Å². The number of halogens is 1. The van der Waals surface area contributed by atoms with Gasteiger partial charge in [-0.2, -0.15) is 0 Å². The molecule has 12 heteroatoms. The summed E-state index contributed by atoms with van der Waals surface area (Å²) in [6.45, 7) is 0.253. The fraction of sp³-hybridized carbons (Fsp3) is 0.294. The number of imide groups is 1. The normalized spacial score (nSPS) is 23.1. The third-order valence-corrected chi connectivity index (χ3v) is 9.51. The van der Waals surface area contributed by atoms with Gasteiger partial charge in [-0.15, -0.1) is 0 Å². The molecular formula is C34H34B2ClNO8. The topological polar surface area (TPSA) is 137 Å². The molecule has 2 aliphatic heterocycles. The fourth-order valence-corrected chi connectivity index (χ4v) is 7.44. The molecule has 4 N–H and O–H groups in total. The van der Waals surface area contributed by atoms with E-state index in [4.69, 9.17) is 21.0 Å². The summed E-state index contributed by atoms with van der Waals surface area (Å²) in [7, 11) is -1.30. The zero-order valence-electron chi connectivity index (χ0n) is 25.3. The van der Waals surface area contributed by atoms with Crippen LogP contribution in [-0.4, -0.2) is 66.1 Å². The van der Waals surface area contributed by atoms with Gasteiger partial charge in [-0.1, -0.05) is 54.1 Å². The number of allylic oxidation sites excluding steroid dienone is 1. The largest absolute Gasteiger partial charge is 0.508 e. The average molecular weight is 642 g/mol. The maximum atomic E-state index is 14.0. The van der Waals surface area contributed by atoms with Crippen molar-refractivity contribution in [2.75, 3.05) is 18.6 Å². The Kier molecular flexibility index (Phi) is 9.51. The third-order valence-electron chi connectivity index (χ3n) is 9.19. The fourth-order valence-electron chi connectivity index (χ4n) is 7.21. The lowest BCUT2D eigenvalue weighted by molar-refractivity contribution is -0.122. The first kappa shape index (κ1) is 32.2. The minimum absolute atomic E-state index is 0.0736. The Bertz CT molecular complexity index is 1700. The number of aromatic hydroxyl groups is 1. The van der Waals surface area contributed by atoms with Crippen LogP contribution in [0.15, 0.2) is 83.9 Å². The first-order chi connectivity index (χ1) is 22.2. The number of ether oxygens (including phenoxy) is 1. The molecule has 0 saturated carbocycles. The molecule has 2 saturated heterocycles. The summed E-state index contributed by atoms with van der Waals surface area (Å²) < 4.78 is 11.7. The highest BCUT2D eigenvalue weighted by atomic mass is 35.5. The number of benzene rings is 3. The number of fused-ring (bicyclic) bond motifs is 3. The maximum absolute atomic E-state index is 14.0. The van der Waals surface area contributed by atoms with Crippen molar-refractivity contribution < 1.29 is 39.2 Å². The molecule has 0 radical (unpaired) electrons. The van der Waals surface area contributed by atoms with Gasteiger partial charge < -0.3 is 29.6 Å². The van der Waals surface area contributed by atoms with Gasteiger partial charge in [0.2, 0.25) is 11.8 Å². The Hall–Kier alpha value is -3.70. The molecule has 0 aromatic heterocycles. The molecule has 0 spiro atoms. The van der Waals surface area contributed by atoms with Crippen molar-refractivity contribution in [3.05, 3.63) is 100 Å². The lowest BCUT2D eigenvalue weighted by Crippen LogP contribution is -2.46. The highest BCUT2D eigenvalue weighted by Gasteiger charge is 2.57. The second kappa shape index (κ2) is 13.6. The molecule has 2 heterocycles. The minimum Gasteiger partial charge on any atom is -0.508 e. The van der Waals surface area contributed by atoms with E-state index in [0.717, 1.165) is 32.7 Å². The number of amides is 2. The van der Waals surface area contributed by atoms with E-state index in [9.17, 15) is 29.8 Å². The minimum atomic E-state index is -1.75. The Balaban J connectivity index is 1.33. The molecule has 46 heavy (non-hydrogen) atoms. The summed E-state index contributed by atoms with van der Waals surface area (Å²) in [4.78, 5) is 29.0. The number of nitrogens with zero attached hydrogens (tertiary/aromatic N) is 1. The smallest absolute Gasteiger partial charge is 0.488 e. The zero-order chi connectivity index (χ0) is 32.5. The summed E-state index contributed by atoms with van der Waals surface area (Å²) >= 11 is 6.46. The van der Waals surface area contributed by atoms with Gasteiger partial charge in [-0.05, 0) is 101 Å². The summed E-state index contributed by atoms with van der Waals surface area (Å²) in [6.07, 6.45) is 2.93. The summed E-state index contributed by atoms with van der Waals surface area (Å²) in [5.74, 6) is -2.45.